The highest BCUT2D eigenvalue weighted by Gasteiger charge is 2.16. The Labute approximate surface area is 85.4 Å². The number of ether oxygens (including phenoxy) is 1. The maximum absolute atomic E-state index is 11.3. The van der Waals surface area contributed by atoms with E-state index in [0.29, 0.717) is 11.2 Å². The molecule has 0 unspecified atom stereocenters. The van der Waals surface area contributed by atoms with Crippen molar-refractivity contribution < 1.29 is 9.53 Å². The molecular weight excluding hydrogens is 212 g/mol. The van der Waals surface area contributed by atoms with Gasteiger partial charge in [0.2, 0.25) is 0 Å². The second-order valence-corrected chi connectivity index (χ2v) is 3.15. The SMILES string of the molecule is CCOC(=O)c1c(Cl)[nH]n(C)c1=S. The Bertz CT molecular complexity index is 382. The van der Waals surface area contributed by atoms with E-state index in [1.54, 1.807) is 14.0 Å². The highest BCUT2D eigenvalue weighted by molar-refractivity contribution is 7.71. The molecule has 0 amide bonds. The first-order valence-electron chi connectivity index (χ1n) is 3.69. The van der Waals surface area contributed by atoms with Crippen molar-refractivity contribution >= 4 is 29.8 Å². The lowest BCUT2D eigenvalue weighted by molar-refractivity contribution is 0.0526. The van der Waals surface area contributed by atoms with Crippen LogP contribution in [0.4, 0.5) is 0 Å². The molecule has 0 aliphatic heterocycles. The number of hydrogen-bond donors (Lipinski definition) is 1. The lowest BCUT2D eigenvalue weighted by Crippen LogP contribution is -2.04. The van der Waals surface area contributed by atoms with E-state index >= 15 is 0 Å². The largest absolute Gasteiger partial charge is 0.462 e. The van der Waals surface area contributed by atoms with Gasteiger partial charge in [0.15, 0.2) is 0 Å². The third-order valence-electron chi connectivity index (χ3n) is 1.48. The molecule has 0 aliphatic rings. The average molecular weight is 221 g/mol. The van der Waals surface area contributed by atoms with Crippen LogP contribution < -0.4 is 0 Å². The minimum atomic E-state index is -0.491. The van der Waals surface area contributed by atoms with E-state index in [9.17, 15) is 4.79 Å². The molecule has 0 saturated carbocycles. The van der Waals surface area contributed by atoms with Gasteiger partial charge in [-0.3, -0.25) is 9.78 Å². The van der Waals surface area contributed by atoms with Crippen LogP contribution in [0.25, 0.3) is 0 Å². The average Bonchev–Trinajstić information content (AvgIpc) is 2.27. The number of rotatable bonds is 2. The second kappa shape index (κ2) is 3.93. The van der Waals surface area contributed by atoms with Crippen LogP contribution in [0.5, 0.6) is 0 Å². The highest BCUT2D eigenvalue weighted by Crippen LogP contribution is 2.15. The van der Waals surface area contributed by atoms with Crippen LogP contribution >= 0.6 is 23.8 Å². The molecule has 0 saturated heterocycles. The third kappa shape index (κ3) is 1.92. The molecule has 13 heavy (non-hydrogen) atoms. The van der Waals surface area contributed by atoms with E-state index in [1.807, 2.05) is 0 Å². The van der Waals surface area contributed by atoms with E-state index in [4.69, 9.17) is 28.6 Å². The van der Waals surface area contributed by atoms with Gasteiger partial charge in [0.1, 0.15) is 15.4 Å². The molecule has 4 nitrogen and oxygen atoms in total. The molecule has 0 bridgehead atoms. The lowest BCUT2D eigenvalue weighted by atomic mass is 10.4. The number of nitrogens with one attached hydrogen (secondary N) is 1. The van der Waals surface area contributed by atoms with Crippen LogP contribution in [0.1, 0.15) is 17.3 Å². The molecule has 0 radical (unpaired) electrons. The fourth-order valence-electron chi connectivity index (χ4n) is 0.896. The van der Waals surface area contributed by atoms with Gasteiger partial charge in [0, 0.05) is 7.05 Å². The second-order valence-electron chi connectivity index (χ2n) is 2.39. The number of nitrogens with zero attached hydrogens (tertiary/aromatic N) is 1. The van der Waals surface area contributed by atoms with Crippen molar-refractivity contribution in [1.29, 1.82) is 0 Å². The summed E-state index contributed by atoms with van der Waals surface area (Å²) in [6.07, 6.45) is 0. The number of carbonyl (C=O) groups excluding carboxylic acids is 1. The molecule has 0 fully saturated rings. The molecule has 0 aromatic carbocycles. The number of aromatic amines is 1. The van der Waals surface area contributed by atoms with Gasteiger partial charge in [-0.05, 0) is 6.92 Å². The maximum Gasteiger partial charge on any atom is 0.344 e. The number of halogens is 1. The quantitative estimate of drug-likeness (QED) is 0.612. The summed E-state index contributed by atoms with van der Waals surface area (Å²) in [7, 11) is 1.68. The van der Waals surface area contributed by atoms with Crippen LogP contribution in [0.2, 0.25) is 5.15 Å². The van der Waals surface area contributed by atoms with Gasteiger partial charge < -0.3 is 4.74 Å². The van der Waals surface area contributed by atoms with Crippen molar-refractivity contribution in [3.05, 3.63) is 15.4 Å². The van der Waals surface area contributed by atoms with Crippen molar-refractivity contribution in [3.63, 3.8) is 0 Å². The van der Waals surface area contributed by atoms with Gasteiger partial charge in [-0.25, -0.2) is 4.79 Å². The summed E-state index contributed by atoms with van der Waals surface area (Å²) in [5, 5.41) is 2.91. The third-order valence-corrected chi connectivity index (χ3v) is 2.23. The zero-order chi connectivity index (χ0) is 10.0. The Balaban J connectivity index is 3.14. The molecule has 0 spiro atoms. The molecule has 1 heterocycles. The predicted octanol–water partition coefficient (Wildman–Crippen LogP) is 1.91. The Morgan fingerprint density at radius 1 is 1.77 bits per heavy atom. The zero-order valence-electron chi connectivity index (χ0n) is 7.26. The van der Waals surface area contributed by atoms with E-state index in [2.05, 4.69) is 5.10 Å². The Hall–Kier alpha value is -0.810. The van der Waals surface area contributed by atoms with E-state index < -0.39 is 5.97 Å². The van der Waals surface area contributed by atoms with Gasteiger partial charge in [0.25, 0.3) is 0 Å². The zero-order valence-corrected chi connectivity index (χ0v) is 8.83. The van der Waals surface area contributed by atoms with Crippen molar-refractivity contribution in [2.45, 2.75) is 6.92 Å². The van der Waals surface area contributed by atoms with Gasteiger partial charge in [-0.2, -0.15) is 0 Å². The van der Waals surface area contributed by atoms with Gasteiger partial charge in [-0.15, -0.1) is 0 Å². The maximum atomic E-state index is 11.3. The van der Waals surface area contributed by atoms with Crippen LogP contribution in [-0.2, 0) is 11.8 Å². The molecule has 0 aliphatic carbocycles. The molecular formula is C7H9ClN2O2S. The van der Waals surface area contributed by atoms with Crippen molar-refractivity contribution in [1.82, 2.24) is 9.78 Å². The molecule has 6 heteroatoms. The topological polar surface area (TPSA) is 47.0 Å². The van der Waals surface area contributed by atoms with Gasteiger partial charge in [-0.1, -0.05) is 23.8 Å². The minimum absolute atomic E-state index is 0.214. The fourth-order valence-corrected chi connectivity index (χ4v) is 1.48. The van der Waals surface area contributed by atoms with Crippen LogP contribution in [0.3, 0.4) is 0 Å². The number of H-pyrrole nitrogens is 1. The van der Waals surface area contributed by atoms with Crippen molar-refractivity contribution in [2.24, 2.45) is 7.05 Å². The molecule has 1 aromatic heterocycles. The van der Waals surface area contributed by atoms with Gasteiger partial charge >= 0.3 is 5.97 Å². The number of hydrogen-bond acceptors (Lipinski definition) is 3. The summed E-state index contributed by atoms with van der Waals surface area (Å²) < 4.78 is 6.62. The fraction of sp³-hybridized carbons (Fsp3) is 0.429. The number of aryl methyl sites for hydroxylation is 1. The molecule has 1 rings (SSSR count). The number of aromatic nitrogens is 2. The highest BCUT2D eigenvalue weighted by atomic mass is 35.5. The summed E-state index contributed by atoms with van der Waals surface area (Å²) in [4.78, 5) is 11.3. The summed E-state index contributed by atoms with van der Waals surface area (Å²) in [5.41, 5.74) is 0.223. The standard InChI is InChI=1S/C7H9ClN2O2S/c1-3-12-7(11)4-5(8)9-10(2)6(4)13/h9H,3H2,1-2H3. The van der Waals surface area contributed by atoms with E-state index in [-0.39, 0.29) is 10.7 Å². The molecule has 72 valence electrons. The monoisotopic (exact) mass is 220 g/mol. The Morgan fingerprint density at radius 3 is 2.77 bits per heavy atom. The Morgan fingerprint density at radius 2 is 2.38 bits per heavy atom. The summed E-state index contributed by atoms with van der Waals surface area (Å²) in [6.45, 7) is 2.03. The Kier molecular flexibility index (Phi) is 3.11. The molecule has 1 aromatic rings. The van der Waals surface area contributed by atoms with Gasteiger partial charge in [0.05, 0.1) is 6.61 Å². The van der Waals surface area contributed by atoms with E-state index in [1.165, 1.54) is 4.68 Å². The normalized spacial score (nSPS) is 10.1. The predicted molar refractivity (Wildman–Crippen MR) is 51.6 cm³/mol. The first-order valence-corrected chi connectivity index (χ1v) is 4.48. The van der Waals surface area contributed by atoms with Crippen LogP contribution in [0, 0.1) is 4.64 Å². The van der Waals surface area contributed by atoms with Crippen LogP contribution in [0.15, 0.2) is 0 Å². The lowest BCUT2D eigenvalue weighted by Gasteiger charge is -1.97. The van der Waals surface area contributed by atoms with Crippen molar-refractivity contribution in [3.8, 4) is 0 Å². The smallest absolute Gasteiger partial charge is 0.344 e. The summed E-state index contributed by atoms with van der Waals surface area (Å²) in [6, 6.07) is 0. The summed E-state index contributed by atoms with van der Waals surface area (Å²) in [5.74, 6) is -0.491. The molecule has 1 N–H and O–H groups in total. The molecule has 0 atom stereocenters. The van der Waals surface area contributed by atoms with Crippen molar-refractivity contribution in [2.75, 3.05) is 6.61 Å². The van der Waals surface area contributed by atoms with E-state index in [0.717, 1.165) is 0 Å². The van der Waals surface area contributed by atoms with Crippen LogP contribution in [-0.4, -0.2) is 22.4 Å². The first-order chi connectivity index (χ1) is 6.07. The summed E-state index contributed by atoms with van der Waals surface area (Å²) >= 11 is 10.7. The number of esters is 1. The first kappa shape index (κ1) is 10.3. The minimum Gasteiger partial charge on any atom is -0.462 e. The number of carbonyl (C=O) groups is 1.